The average Bonchev–Trinajstić information content (AvgIpc) is 2.45. The van der Waals surface area contributed by atoms with Crippen LogP contribution in [0, 0.1) is 0 Å². The molecule has 1 aromatic rings. The fraction of sp³-hybridized carbons (Fsp3) is 0.462. The van der Waals surface area contributed by atoms with E-state index in [9.17, 15) is 4.79 Å². The van der Waals surface area contributed by atoms with Gasteiger partial charge in [0.25, 0.3) is 5.91 Å². The van der Waals surface area contributed by atoms with Gasteiger partial charge in [0.2, 0.25) is 0 Å². The summed E-state index contributed by atoms with van der Waals surface area (Å²) in [4.78, 5) is 11.7. The summed E-state index contributed by atoms with van der Waals surface area (Å²) in [5.41, 5.74) is 0. The Morgan fingerprint density at radius 3 is 3.00 bits per heavy atom. The number of hydrogen-bond donors (Lipinski definition) is 2. The zero-order chi connectivity index (χ0) is 12.6. The number of para-hydroxylation sites is 1. The normalized spacial score (nSPS) is 19.2. The summed E-state index contributed by atoms with van der Waals surface area (Å²) in [5, 5.41) is 5.91. The molecule has 1 amide bonds. The van der Waals surface area contributed by atoms with Gasteiger partial charge in [-0.1, -0.05) is 18.2 Å². The molecule has 1 heterocycles. The van der Waals surface area contributed by atoms with Gasteiger partial charge >= 0.3 is 0 Å². The van der Waals surface area contributed by atoms with Crippen LogP contribution in [0.25, 0.3) is 0 Å². The van der Waals surface area contributed by atoms with Crippen molar-refractivity contribution in [2.45, 2.75) is 6.10 Å². The van der Waals surface area contributed by atoms with Crippen molar-refractivity contribution in [3.05, 3.63) is 30.3 Å². The van der Waals surface area contributed by atoms with Crippen LogP contribution in [0.1, 0.15) is 0 Å². The number of morpholine rings is 1. The van der Waals surface area contributed by atoms with Gasteiger partial charge in [0.05, 0.1) is 13.2 Å². The van der Waals surface area contributed by atoms with Gasteiger partial charge < -0.3 is 20.1 Å². The predicted molar refractivity (Wildman–Crippen MR) is 67.6 cm³/mol. The molecular weight excluding hydrogens is 232 g/mol. The van der Waals surface area contributed by atoms with Gasteiger partial charge in [0, 0.05) is 13.1 Å². The van der Waals surface area contributed by atoms with E-state index in [0.29, 0.717) is 26.3 Å². The van der Waals surface area contributed by atoms with Crippen molar-refractivity contribution in [3.8, 4) is 5.75 Å². The van der Waals surface area contributed by atoms with Gasteiger partial charge in [-0.25, -0.2) is 0 Å². The Bertz CT molecular complexity index is 364. The summed E-state index contributed by atoms with van der Waals surface area (Å²) in [6, 6.07) is 9.53. The van der Waals surface area contributed by atoms with E-state index in [4.69, 9.17) is 9.47 Å². The maximum atomic E-state index is 11.7. The first-order valence-corrected chi connectivity index (χ1v) is 6.14. The van der Waals surface area contributed by atoms with Crippen LogP contribution in [0.2, 0.25) is 0 Å². The minimum Gasteiger partial charge on any atom is -0.492 e. The van der Waals surface area contributed by atoms with Crippen molar-refractivity contribution in [2.75, 3.05) is 32.8 Å². The molecule has 98 valence electrons. The molecule has 1 aromatic carbocycles. The standard InChI is InChI=1S/C13H18N2O3/c16-13(12-10-14-6-8-18-12)15-7-9-17-11-4-2-1-3-5-11/h1-5,12,14H,6-10H2,(H,15,16). The summed E-state index contributed by atoms with van der Waals surface area (Å²) in [6.45, 7) is 2.90. The Morgan fingerprint density at radius 1 is 1.44 bits per heavy atom. The summed E-state index contributed by atoms with van der Waals surface area (Å²) >= 11 is 0. The third-order valence-corrected chi connectivity index (χ3v) is 2.63. The molecule has 0 aliphatic carbocycles. The molecule has 1 fully saturated rings. The van der Waals surface area contributed by atoms with Gasteiger partial charge in [0.15, 0.2) is 0 Å². The third-order valence-electron chi connectivity index (χ3n) is 2.63. The van der Waals surface area contributed by atoms with Crippen LogP contribution >= 0.6 is 0 Å². The molecule has 18 heavy (non-hydrogen) atoms. The number of carbonyl (C=O) groups is 1. The van der Waals surface area contributed by atoms with Crippen molar-refractivity contribution in [3.63, 3.8) is 0 Å². The first-order valence-electron chi connectivity index (χ1n) is 6.14. The summed E-state index contributed by atoms with van der Waals surface area (Å²) in [6.07, 6.45) is -0.379. The SMILES string of the molecule is O=C(NCCOc1ccccc1)C1CNCCO1. The minimum atomic E-state index is -0.379. The Hall–Kier alpha value is -1.59. The maximum absolute atomic E-state index is 11.7. The van der Waals surface area contributed by atoms with Crippen molar-refractivity contribution >= 4 is 5.91 Å². The zero-order valence-electron chi connectivity index (χ0n) is 10.2. The zero-order valence-corrected chi connectivity index (χ0v) is 10.2. The van der Waals surface area contributed by atoms with E-state index in [1.165, 1.54) is 0 Å². The third kappa shape index (κ3) is 4.01. The lowest BCUT2D eigenvalue weighted by atomic mass is 10.3. The average molecular weight is 250 g/mol. The van der Waals surface area contributed by atoms with Gasteiger partial charge in [-0.05, 0) is 12.1 Å². The van der Waals surface area contributed by atoms with Gasteiger partial charge in [-0.3, -0.25) is 4.79 Å². The molecule has 0 saturated carbocycles. The lowest BCUT2D eigenvalue weighted by Crippen LogP contribution is -2.48. The number of ether oxygens (including phenoxy) is 2. The van der Waals surface area contributed by atoms with Crippen LogP contribution in [0.4, 0.5) is 0 Å². The van der Waals surface area contributed by atoms with Gasteiger partial charge in [0.1, 0.15) is 18.5 Å². The van der Waals surface area contributed by atoms with Crippen LogP contribution in [-0.2, 0) is 9.53 Å². The quantitative estimate of drug-likeness (QED) is 0.731. The molecule has 2 rings (SSSR count). The smallest absolute Gasteiger partial charge is 0.250 e. The summed E-state index contributed by atoms with van der Waals surface area (Å²) < 4.78 is 10.8. The van der Waals surface area contributed by atoms with E-state index in [-0.39, 0.29) is 12.0 Å². The van der Waals surface area contributed by atoms with Crippen LogP contribution in [0.5, 0.6) is 5.75 Å². The van der Waals surface area contributed by atoms with E-state index in [1.54, 1.807) is 0 Å². The van der Waals surface area contributed by atoms with E-state index in [2.05, 4.69) is 10.6 Å². The van der Waals surface area contributed by atoms with Crippen LogP contribution in [0.3, 0.4) is 0 Å². The highest BCUT2D eigenvalue weighted by Gasteiger charge is 2.20. The Morgan fingerprint density at radius 2 is 2.28 bits per heavy atom. The van der Waals surface area contributed by atoms with Crippen LogP contribution < -0.4 is 15.4 Å². The maximum Gasteiger partial charge on any atom is 0.250 e. The highest BCUT2D eigenvalue weighted by Crippen LogP contribution is 2.07. The highest BCUT2D eigenvalue weighted by molar-refractivity contribution is 5.81. The molecule has 1 unspecified atom stereocenters. The second-order valence-electron chi connectivity index (χ2n) is 4.02. The molecule has 1 atom stereocenters. The first kappa shape index (κ1) is 12.9. The topological polar surface area (TPSA) is 59.6 Å². The van der Waals surface area contributed by atoms with E-state index in [0.717, 1.165) is 12.3 Å². The number of hydrogen-bond acceptors (Lipinski definition) is 4. The van der Waals surface area contributed by atoms with E-state index in [1.807, 2.05) is 30.3 Å². The summed E-state index contributed by atoms with van der Waals surface area (Å²) in [5.74, 6) is 0.723. The monoisotopic (exact) mass is 250 g/mol. The largest absolute Gasteiger partial charge is 0.492 e. The number of amides is 1. The minimum absolute atomic E-state index is 0.0844. The molecule has 0 bridgehead atoms. The highest BCUT2D eigenvalue weighted by atomic mass is 16.5. The van der Waals surface area contributed by atoms with Gasteiger partial charge in [-0.2, -0.15) is 0 Å². The Kier molecular flexibility index (Phi) is 4.99. The second kappa shape index (κ2) is 6.98. The fourth-order valence-corrected chi connectivity index (χ4v) is 1.71. The predicted octanol–water partition coefficient (Wildman–Crippen LogP) is 0.170. The lowest BCUT2D eigenvalue weighted by molar-refractivity contribution is -0.134. The molecule has 5 heteroatoms. The van der Waals surface area contributed by atoms with Crippen molar-refractivity contribution < 1.29 is 14.3 Å². The molecule has 1 aliphatic rings. The molecule has 2 N–H and O–H groups in total. The number of rotatable bonds is 5. The molecule has 0 radical (unpaired) electrons. The van der Waals surface area contributed by atoms with Crippen LogP contribution in [0.15, 0.2) is 30.3 Å². The lowest BCUT2D eigenvalue weighted by Gasteiger charge is -2.22. The number of benzene rings is 1. The fourth-order valence-electron chi connectivity index (χ4n) is 1.71. The molecular formula is C13H18N2O3. The molecule has 5 nitrogen and oxygen atoms in total. The van der Waals surface area contributed by atoms with Crippen molar-refractivity contribution in [2.24, 2.45) is 0 Å². The molecule has 0 aromatic heterocycles. The van der Waals surface area contributed by atoms with Gasteiger partial charge in [-0.15, -0.1) is 0 Å². The first-order chi connectivity index (χ1) is 8.86. The summed E-state index contributed by atoms with van der Waals surface area (Å²) in [7, 11) is 0. The number of nitrogens with one attached hydrogen (secondary N) is 2. The molecule has 1 aliphatic heterocycles. The second-order valence-corrected chi connectivity index (χ2v) is 4.02. The van der Waals surface area contributed by atoms with Crippen molar-refractivity contribution in [1.29, 1.82) is 0 Å². The number of carbonyl (C=O) groups excluding carboxylic acids is 1. The van der Waals surface area contributed by atoms with Crippen LogP contribution in [-0.4, -0.2) is 44.9 Å². The van der Waals surface area contributed by atoms with E-state index >= 15 is 0 Å². The van der Waals surface area contributed by atoms with E-state index < -0.39 is 0 Å². The molecule has 1 saturated heterocycles. The Labute approximate surface area is 106 Å². The van der Waals surface area contributed by atoms with Crippen molar-refractivity contribution in [1.82, 2.24) is 10.6 Å². The molecule has 0 spiro atoms. The Balaban J connectivity index is 1.61.